The molecule has 21 heavy (non-hydrogen) atoms. The van der Waals surface area contributed by atoms with Crippen molar-refractivity contribution in [3.8, 4) is 0 Å². The van der Waals surface area contributed by atoms with Gasteiger partial charge in [-0.2, -0.15) is 0 Å². The zero-order chi connectivity index (χ0) is 14.7. The number of para-hydroxylation sites is 1. The van der Waals surface area contributed by atoms with E-state index in [1.54, 1.807) is 12.1 Å². The Bertz CT molecular complexity index is 785. The molecule has 104 valence electrons. The van der Waals surface area contributed by atoms with Crippen molar-refractivity contribution < 1.29 is 9.53 Å². The van der Waals surface area contributed by atoms with Crippen LogP contribution in [-0.2, 0) is 4.74 Å². The van der Waals surface area contributed by atoms with Crippen molar-refractivity contribution in [3.05, 3.63) is 60.3 Å². The summed E-state index contributed by atoms with van der Waals surface area (Å²) >= 11 is 0. The van der Waals surface area contributed by atoms with Crippen LogP contribution in [0.3, 0.4) is 0 Å². The second-order valence-electron chi connectivity index (χ2n) is 4.44. The molecule has 2 heterocycles. The number of esters is 1. The monoisotopic (exact) mass is 279 g/mol. The first kappa shape index (κ1) is 13.1. The minimum Gasteiger partial charge on any atom is -0.465 e. The number of rotatable bonds is 3. The molecular weight excluding hydrogens is 266 g/mol. The molecule has 0 atom stereocenters. The van der Waals surface area contributed by atoms with E-state index >= 15 is 0 Å². The summed E-state index contributed by atoms with van der Waals surface area (Å²) in [7, 11) is 1.34. The number of hydrogen-bond donors (Lipinski definition) is 1. The zero-order valence-corrected chi connectivity index (χ0v) is 11.4. The van der Waals surface area contributed by atoms with Gasteiger partial charge in [0.15, 0.2) is 0 Å². The average molecular weight is 279 g/mol. The van der Waals surface area contributed by atoms with Gasteiger partial charge in [0.2, 0.25) is 0 Å². The van der Waals surface area contributed by atoms with Crippen LogP contribution in [-0.4, -0.2) is 23.0 Å². The summed E-state index contributed by atoms with van der Waals surface area (Å²) < 4.78 is 4.63. The molecule has 0 fully saturated rings. The number of anilines is 2. The Kier molecular flexibility index (Phi) is 3.47. The van der Waals surface area contributed by atoms with Crippen molar-refractivity contribution in [3.63, 3.8) is 0 Å². The summed E-state index contributed by atoms with van der Waals surface area (Å²) in [6.45, 7) is 0. The molecule has 0 aliphatic carbocycles. The van der Waals surface area contributed by atoms with Crippen molar-refractivity contribution in [2.45, 2.75) is 0 Å². The smallest absolute Gasteiger partial charge is 0.339 e. The second kappa shape index (κ2) is 5.58. The number of ether oxygens (including phenoxy) is 1. The summed E-state index contributed by atoms with van der Waals surface area (Å²) in [5, 5.41) is 4.19. The van der Waals surface area contributed by atoms with Crippen LogP contribution in [0.5, 0.6) is 0 Å². The van der Waals surface area contributed by atoms with E-state index in [0.717, 1.165) is 10.9 Å². The Balaban J connectivity index is 1.83. The number of pyridine rings is 2. The van der Waals surface area contributed by atoms with E-state index in [9.17, 15) is 4.79 Å². The number of methoxy groups -OCH3 is 1. The lowest BCUT2D eigenvalue weighted by atomic mass is 10.2. The van der Waals surface area contributed by atoms with Crippen LogP contribution in [0.25, 0.3) is 10.9 Å². The highest BCUT2D eigenvalue weighted by Gasteiger charge is 2.06. The van der Waals surface area contributed by atoms with E-state index in [4.69, 9.17) is 0 Å². The van der Waals surface area contributed by atoms with E-state index in [1.807, 2.05) is 36.4 Å². The van der Waals surface area contributed by atoms with E-state index in [1.165, 1.54) is 13.3 Å². The number of fused-ring (bicyclic) bond motifs is 1. The Hall–Kier alpha value is -2.95. The molecule has 0 aliphatic heterocycles. The van der Waals surface area contributed by atoms with Gasteiger partial charge in [0.05, 0.1) is 18.2 Å². The van der Waals surface area contributed by atoms with Crippen LogP contribution in [0.2, 0.25) is 0 Å². The topological polar surface area (TPSA) is 64.1 Å². The minimum atomic E-state index is -0.405. The van der Waals surface area contributed by atoms with Crippen LogP contribution in [0.15, 0.2) is 54.7 Å². The lowest BCUT2D eigenvalue weighted by Gasteiger charge is -2.06. The quantitative estimate of drug-likeness (QED) is 0.746. The first-order valence-corrected chi connectivity index (χ1v) is 6.43. The predicted octanol–water partition coefficient (Wildman–Crippen LogP) is 3.16. The molecule has 0 radical (unpaired) electrons. The van der Waals surface area contributed by atoms with Gasteiger partial charge in [0.25, 0.3) is 0 Å². The molecule has 2 aromatic heterocycles. The van der Waals surface area contributed by atoms with E-state index < -0.39 is 5.97 Å². The van der Waals surface area contributed by atoms with Gasteiger partial charge in [-0.25, -0.2) is 14.8 Å². The van der Waals surface area contributed by atoms with E-state index in [2.05, 4.69) is 20.0 Å². The molecule has 0 aliphatic rings. The molecule has 5 heteroatoms. The number of nitrogens with zero attached hydrogens (tertiary/aromatic N) is 2. The predicted molar refractivity (Wildman–Crippen MR) is 80.6 cm³/mol. The Labute approximate surface area is 121 Å². The molecule has 0 saturated carbocycles. The van der Waals surface area contributed by atoms with Gasteiger partial charge in [-0.1, -0.05) is 18.2 Å². The van der Waals surface area contributed by atoms with Crippen molar-refractivity contribution in [2.24, 2.45) is 0 Å². The average Bonchev–Trinajstić information content (AvgIpc) is 2.55. The van der Waals surface area contributed by atoms with Crippen LogP contribution in [0, 0.1) is 0 Å². The first-order valence-electron chi connectivity index (χ1n) is 6.43. The van der Waals surface area contributed by atoms with Crippen molar-refractivity contribution in [2.75, 3.05) is 12.4 Å². The maximum atomic E-state index is 11.3. The van der Waals surface area contributed by atoms with Crippen LogP contribution >= 0.6 is 0 Å². The highest BCUT2D eigenvalue weighted by molar-refractivity contribution is 5.89. The fraction of sp³-hybridized carbons (Fsp3) is 0.0625. The molecule has 1 N–H and O–H groups in total. The molecule has 1 aromatic carbocycles. The normalized spacial score (nSPS) is 10.3. The molecule has 0 bridgehead atoms. The molecular formula is C16H13N3O2. The largest absolute Gasteiger partial charge is 0.465 e. The number of aromatic nitrogens is 2. The Morgan fingerprint density at radius 2 is 1.86 bits per heavy atom. The molecule has 0 spiro atoms. The number of nitrogens with one attached hydrogen (secondary N) is 1. The Morgan fingerprint density at radius 3 is 2.62 bits per heavy atom. The number of carbonyl (C=O) groups is 1. The summed E-state index contributed by atoms with van der Waals surface area (Å²) in [5.41, 5.74) is 1.32. The molecule has 0 saturated heterocycles. The van der Waals surface area contributed by atoms with Gasteiger partial charge in [-0.15, -0.1) is 0 Å². The van der Waals surface area contributed by atoms with Crippen molar-refractivity contribution in [1.29, 1.82) is 0 Å². The van der Waals surface area contributed by atoms with Gasteiger partial charge in [-0.3, -0.25) is 0 Å². The molecule has 0 amide bonds. The first-order chi connectivity index (χ1) is 10.3. The lowest BCUT2D eigenvalue weighted by molar-refractivity contribution is 0.0600. The summed E-state index contributed by atoms with van der Waals surface area (Å²) in [6, 6.07) is 15.1. The SMILES string of the molecule is COC(=O)c1ccc(Nc2ccc3ccccc3n2)nc1. The van der Waals surface area contributed by atoms with E-state index in [-0.39, 0.29) is 0 Å². The summed E-state index contributed by atoms with van der Waals surface area (Å²) in [6.07, 6.45) is 1.47. The molecule has 5 nitrogen and oxygen atoms in total. The standard InChI is InChI=1S/C16H13N3O2/c1-21-16(20)12-7-8-14(17-10-12)19-15-9-6-11-4-2-3-5-13(11)18-15/h2-10H,1H3,(H,17,18,19). The fourth-order valence-electron chi connectivity index (χ4n) is 1.97. The number of hydrogen-bond acceptors (Lipinski definition) is 5. The van der Waals surface area contributed by atoms with Gasteiger partial charge < -0.3 is 10.1 Å². The molecule has 3 aromatic rings. The van der Waals surface area contributed by atoms with Crippen LogP contribution < -0.4 is 5.32 Å². The highest BCUT2D eigenvalue weighted by Crippen LogP contribution is 2.17. The lowest BCUT2D eigenvalue weighted by Crippen LogP contribution is -2.03. The highest BCUT2D eigenvalue weighted by atomic mass is 16.5. The van der Waals surface area contributed by atoms with Crippen LogP contribution in [0.1, 0.15) is 10.4 Å². The maximum Gasteiger partial charge on any atom is 0.339 e. The fourth-order valence-corrected chi connectivity index (χ4v) is 1.97. The second-order valence-corrected chi connectivity index (χ2v) is 4.44. The summed E-state index contributed by atoms with van der Waals surface area (Å²) in [4.78, 5) is 20.0. The number of benzene rings is 1. The van der Waals surface area contributed by atoms with E-state index in [0.29, 0.717) is 17.2 Å². The molecule has 0 unspecified atom stereocenters. The summed E-state index contributed by atoms with van der Waals surface area (Å²) in [5.74, 6) is 0.912. The van der Waals surface area contributed by atoms with Crippen molar-refractivity contribution in [1.82, 2.24) is 9.97 Å². The maximum absolute atomic E-state index is 11.3. The van der Waals surface area contributed by atoms with Gasteiger partial charge >= 0.3 is 5.97 Å². The van der Waals surface area contributed by atoms with Crippen LogP contribution in [0.4, 0.5) is 11.6 Å². The van der Waals surface area contributed by atoms with Gasteiger partial charge in [0.1, 0.15) is 11.6 Å². The molecule has 3 rings (SSSR count). The number of carbonyl (C=O) groups excluding carboxylic acids is 1. The van der Waals surface area contributed by atoms with Gasteiger partial charge in [-0.05, 0) is 30.3 Å². The third-order valence-corrected chi connectivity index (χ3v) is 3.04. The zero-order valence-electron chi connectivity index (χ0n) is 11.4. The third kappa shape index (κ3) is 2.81. The van der Waals surface area contributed by atoms with Gasteiger partial charge in [0, 0.05) is 11.6 Å². The minimum absolute atomic E-state index is 0.405. The Morgan fingerprint density at radius 1 is 1.05 bits per heavy atom. The third-order valence-electron chi connectivity index (χ3n) is 3.04. The van der Waals surface area contributed by atoms with Crippen molar-refractivity contribution >= 4 is 28.5 Å².